The fourth-order valence-electron chi connectivity index (χ4n) is 3.26. The third-order valence-electron chi connectivity index (χ3n) is 4.65. The molecule has 0 saturated carbocycles. The summed E-state index contributed by atoms with van der Waals surface area (Å²) in [5.74, 6) is 0.179. The second-order valence-electron chi connectivity index (χ2n) is 6.50. The summed E-state index contributed by atoms with van der Waals surface area (Å²) in [5.41, 5.74) is 8.47. The van der Waals surface area contributed by atoms with Gasteiger partial charge in [-0.1, -0.05) is 12.1 Å². The number of nitriles is 1. The molecule has 1 aliphatic heterocycles. The highest BCUT2D eigenvalue weighted by molar-refractivity contribution is 7.98. The van der Waals surface area contributed by atoms with Gasteiger partial charge < -0.3 is 15.2 Å². The Labute approximate surface area is 173 Å². The first kappa shape index (κ1) is 20.7. The molecule has 29 heavy (non-hydrogen) atoms. The lowest BCUT2D eigenvalue weighted by atomic mass is 9.97. The van der Waals surface area contributed by atoms with Crippen LogP contribution in [-0.2, 0) is 15.2 Å². The number of methoxy groups -OCH3 is 1. The molecule has 0 spiro atoms. The van der Waals surface area contributed by atoms with Gasteiger partial charge in [0.05, 0.1) is 30.9 Å². The first-order valence-corrected chi connectivity index (χ1v) is 10.1. The van der Waals surface area contributed by atoms with Gasteiger partial charge in [0.1, 0.15) is 16.9 Å². The van der Waals surface area contributed by atoms with E-state index in [0.29, 0.717) is 34.1 Å². The first-order valence-electron chi connectivity index (χ1n) is 9.11. The lowest BCUT2D eigenvalue weighted by Gasteiger charge is -2.25. The largest absolute Gasteiger partial charge is 0.465 e. The summed E-state index contributed by atoms with van der Waals surface area (Å²) in [6, 6.07) is 9.28. The second-order valence-corrected chi connectivity index (χ2v) is 7.46. The van der Waals surface area contributed by atoms with E-state index in [4.69, 9.17) is 21.8 Å². The summed E-state index contributed by atoms with van der Waals surface area (Å²) in [4.78, 5) is 19.6. The summed E-state index contributed by atoms with van der Waals surface area (Å²) >= 11 is 1.34. The molecule has 1 aromatic heterocycles. The maximum atomic E-state index is 11.7. The van der Waals surface area contributed by atoms with Crippen molar-refractivity contribution in [3.05, 3.63) is 57.9 Å². The van der Waals surface area contributed by atoms with E-state index >= 15 is 0 Å². The quantitative estimate of drug-likeness (QED) is 0.444. The van der Waals surface area contributed by atoms with Gasteiger partial charge in [-0.15, -0.1) is 11.8 Å². The van der Waals surface area contributed by atoms with E-state index in [0.717, 1.165) is 24.8 Å². The van der Waals surface area contributed by atoms with E-state index in [9.17, 15) is 10.1 Å². The number of carbonyl (C=O) groups excluding carboxylic acids is 1. The van der Waals surface area contributed by atoms with Crippen LogP contribution in [0, 0.1) is 17.9 Å². The van der Waals surface area contributed by atoms with Crippen LogP contribution in [0.5, 0.6) is 0 Å². The minimum absolute atomic E-state index is 0.106. The van der Waals surface area contributed by atoms with E-state index < -0.39 is 5.97 Å². The molecular formula is C21H20N4O3S. The van der Waals surface area contributed by atoms with Crippen LogP contribution in [0.2, 0.25) is 0 Å². The van der Waals surface area contributed by atoms with Gasteiger partial charge in [0, 0.05) is 17.9 Å². The molecule has 1 fully saturated rings. The smallest absolute Gasteiger partial charge is 0.337 e. The monoisotopic (exact) mass is 408 g/mol. The molecule has 3 rings (SSSR count). The van der Waals surface area contributed by atoms with Crippen LogP contribution in [0.4, 0.5) is 11.5 Å². The van der Waals surface area contributed by atoms with Gasteiger partial charge in [0.25, 0.3) is 0 Å². The lowest BCUT2D eigenvalue weighted by Crippen LogP contribution is -2.14. The van der Waals surface area contributed by atoms with Gasteiger partial charge in [0.2, 0.25) is 5.69 Å². The average Bonchev–Trinajstić information content (AvgIpc) is 2.77. The number of hydrogen-bond acceptors (Lipinski definition) is 7. The summed E-state index contributed by atoms with van der Waals surface area (Å²) in [7, 11) is 1.34. The molecule has 1 aliphatic rings. The number of nitrogens with two attached hydrogens (primary N) is 1. The van der Waals surface area contributed by atoms with E-state index in [1.165, 1.54) is 18.9 Å². The predicted octanol–water partition coefficient (Wildman–Crippen LogP) is 4.41. The summed E-state index contributed by atoms with van der Waals surface area (Å²) in [6.07, 6.45) is 2.35. The highest BCUT2D eigenvalue weighted by atomic mass is 32.2. The standard InChI is InChI=1S/C21H20N4O3S/c1-24-18-17(16-8-3-4-9-28-16)15(11-22)20(25-19(18)23)29-12-13-6-5-7-14(10-13)21(26)27-2/h5-7,10,16H,3-4,8-9,12H2,2H3,(H2,23,25). The third-order valence-corrected chi connectivity index (χ3v) is 5.70. The average molecular weight is 408 g/mol. The normalized spacial score (nSPS) is 15.9. The number of hydrogen-bond donors (Lipinski definition) is 1. The van der Waals surface area contributed by atoms with Crippen LogP contribution >= 0.6 is 11.8 Å². The number of anilines is 1. The van der Waals surface area contributed by atoms with Gasteiger partial charge >= 0.3 is 5.97 Å². The molecule has 148 valence electrons. The van der Waals surface area contributed by atoms with Crippen LogP contribution in [0.1, 0.15) is 52.4 Å². The number of ether oxygens (including phenoxy) is 2. The van der Waals surface area contributed by atoms with Crippen LogP contribution in [-0.4, -0.2) is 24.7 Å². The van der Waals surface area contributed by atoms with Gasteiger partial charge in [-0.3, -0.25) is 0 Å². The van der Waals surface area contributed by atoms with E-state index in [-0.39, 0.29) is 17.6 Å². The molecular weight excluding hydrogens is 388 g/mol. The van der Waals surface area contributed by atoms with Gasteiger partial charge in [-0.25, -0.2) is 14.6 Å². The summed E-state index contributed by atoms with van der Waals surface area (Å²) in [5, 5.41) is 10.3. The van der Waals surface area contributed by atoms with E-state index in [2.05, 4.69) is 15.9 Å². The maximum absolute atomic E-state index is 11.7. The van der Waals surface area contributed by atoms with Crippen LogP contribution in [0.15, 0.2) is 29.3 Å². The topological polar surface area (TPSA) is 103 Å². The number of esters is 1. The fourth-order valence-corrected chi connectivity index (χ4v) is 4.21. The van der Waals surface area contributed by atoms with Crippen LogP contribution < -0.4 is 5.73 Å². The predicted molar refractivity (Wildman–Crippen MR) is 110 cm³/mol. The first-order chi connectivity index (χ1) is 14.1. The molecule has 0 aliphatic carbocycles. The number of benzene rings is 1. The minimum Gasteiger partial charge on any atom is -0.465 e. The molecule has 8 heteroatoms. The Hall–Kier alpha value is -3.07. The number of nitrogens with zero attached hydrogens (tertiary/aromatic N) is 3. The Kier molecular flexibility index (Phi) is 6.71. The van der Waals surface area contributed by atoms with Crippen molar-refractivity contribution in [1.82, 2.24) is 4.98 Å². The Balaban J connectivity index is 1.94. The van der Waals surface area contributed by atoms with Crippen molar-refractivity contribution >= 4 is 29.2 Å². The number of aromatic nitrogens is 1. The molecule has 0 radical (unpaired) electrons. The highest BCUT2D eigenvalue weighted by Crippen LogP contribution is 2.42. The zero-order valence-corrected chi connectivity index (χ0v) is 16.8. The molecule has 1 unspecified atom stereocenters. The summed E-state index contributed by atoms with van der Waals surface area (Å²) in [6.45, 7) is 8.09. The van der Waals surface area contributed by atoms with E-state index in [1.807, 2.05) is 6.07 Å². The molecule has 1 aromatic carbocycles. The Morgan fingerprint density at radius 1 is 1.52 bits per heavy atom. The van der Waals surface area contributed by atoms with Gasteiger partial charge in [0.15, 0.2) is 0 Å². The number of rotatable bonds is 5. The second kappa shape index (κ2) is 9.42. The Morgan fingerprint density at radius 2 is 2.34 bits per heavy atom. The molecule has 7 nitrogen and oxygen atoms in total. The molecule has 0 bridgehead atoms. The summed E-state index contributed by atoms with van der Waals surface area (Å²) < 4.78 is 10.6. The maximum Gasteiger partial charge on any atom is 0.337 e. The van der Waals surface area contributed by atoms with Gasteiger partial charge in [-0.2, -0.15) is 5.26 Å². The molecule has 2 heterocycles. The van der Waals surface area contributed by atoms with Crippen molar-refractivity contribution in [2.45, 2.75) is 36.1 Å². The molecule has 1 saturated heterocycles. The number of thioether (sulfide) groups is 1. The van der Waals surface area contributed by atoms with Gasteiger partial charge in [-0.05, 0) is 37.0 Å². The minimum atomic E-state index is -0.407. The van der Waals surface area contributed by atoms with Crippen LogP contribution in [0.25, 0.3) is 4.85 Å². The third kappa shape index (κ3) is 4.51. The van der Waals surface area contributed by atoms with Crippen LogP contribution in [0.3, 0.4) is 0 Å². The zero-order valence-electron chi connectivity index (χ0n) is 16.0. The number of pyridine rings is 1. The fraction of sp³-hybridized carbons (Fsp3) is 0.333. The zero-order chi connectivity index (χ0) is 20.8. The Bertz CT molecular complexity index is 1000. The van der Waals surface area contributed by atoms with Crippen molar-refractivity contribution in [3.8, 4) is 6.07 Å². The highest BCUT2D eigenvalue weighted by Gasteiger charge is 2.27. The molecule has 2 N–H and O–H groups in total. The molecule has 1 atom stereocenters. The Morgan fingerprint density at radius 3 is 3.00 bits per heavy atom. The number of nitrogen functional groups attached to an aromatic ring is 1. The molecule has 0 amide bonds. The van der Waals surface area contributed by atoms with Crippen molar-refractivity contribution in [2.75, 3.05) is 19.5 Å². The van der Waals surface area contributed by atoms with Crippen molar-refractivity contribution in [2.24, 2.45) is 0 Å². The number of carbonyl (C=O) groups is 1. The lowest BCUT2D eigenvalue weighted by molar-refractivity contribution is 0.0151. The van der Waals surface area contributed by atoms with Crippen molar-refractivity contribution < 1.29 is 14.3 Å². The van der Waals surface area contributed by atoms with Crippen molar-refractivity contribution in [1.29, 1.82) is 5.26 Å². The SMILES string of the molecule is [C-]#[N+]c1c(N)nc(SCc2cccc(C(=O)OC)c2)c(C#N)c1C1CCCCO1. The van der Waals surface area contributed by atoms with E-state index in [1.54, 1.807) is 18.2 Å². The van der Waals surface area contributed by atoms with Crippen molar-refractivity contribution in [3.63, 3.8) is 0 Å². The molecule has 2 aromatic rings.